The van der Waals surface area contributed by atoms with E-state index < -0.39 is 0 Å². The zero-order valence-electron chi connectivity index (χ0n) is 24.1. The van der Waals surface area contributed by atoms with Crippen LogP contribution in [0.15, 0.2) is 72.8 Å². The van der Waals surface area contributed by atoms with Crippen molar-refractivity contribution in [2.45, 2.75) is 38.3 Å². The Bertz CT molecular complexity index is 1390. The van der Waals surface area contributed by atoms with Gasteiger partial charge < -0.3 is 9.64 Å². The van der Waals surface area contributed by atoms with Crippen molar-refractivity contribution in [1.29, 1.82) is 0 Å². The van der Waals surface area contributed by atoms with Gasteiger partial charge in [0.2, 0.25) is 5.88 Å². The summed E-state index contributed by atoms with van der Waals surface area (Å²) in [5.74, 6) is 1.53. The van der Waals surface area contributed by atoms with Crippen LogP contribution in [0.3, 0.4) is 0 Å². The van der Waals surface area contributed by atoms with Gasteiger partial charge in [-0.3, -0.25) is 9.80 Å². The molecule has 0 spiro atoms. The number of rotatable bonds is 10. The molecule has 0 radical (unpaired) electrons. The molecular weight excluding hydrogens is 565 g/mol. The molecule has 0 atom stereocenters. The number of fused-ring (bicyclic) bond motifs is 1. The Hall–Kier alpha value is -2.74. The molecule has 1 aromatic heterocycles. The largest absolute Gasteiger partial charge is 0.477 e. The number of halogens is 2. The third kappa shape index (κ3) is 7.42. The van der Waals surface area contributed by atoms with E-state index in [2.05, 4.69) is 51.1 Å². The lowest BCUT2D eigenvalue weighted by atomic mass is 9.96. The van der Waals surface area contributed by atoms with Crippen LogP contribution in [0.4, 0.5) is 0 Å². The standard InChI is InChI=1S/C34H39Cl2N5O/c35-28-13-9-26(10-14-28)33(27-11-15-29(36)16-12-27)41-22-20-40(21-23-41)25-32-37-31-8-3-2-7-30(31)34(38-32)42-24-6-19-39-17-4-1-5-18-39/h2-3,7-16,33H,1,4-6,17-25H2. The molecule has 0 unspecified atom stereocenters. The molecule has 3 aromatic carbocycles. The number of aromatic nitrogens is 2. The molecule has 0 amide bonds. The fraction of sp³-hybridized carbons (Fsp3) is 0.412. The fourth-order valence-electron chi connectivity index (χ4n) is 6.20. The normalized spacial score (nSPS) is 17.2. The van der Waals surface area contributed by atoms with Crippen LogP contribution in [0.25, 0.3) is 10.9 Å². The Kier molecular flexibility index (Phi) is 9.89. The van der Waals surface area contributed by atoms with Crippen LogP contribution in [0.5, 0.6) is 5.88 Å². The van der Waals surface area contributed by atoms with Gasteiger partial charge in [0, 0.05) is 42.8 Å². The molecule has 2 saturated heterocycles. The van der Waals surface area contributed by atoms with Gasteiger partial charge >= 0.3 is 0 Å². The minimum atomic E-state index is 0.142. The van der Waals surface area contributed by atoms with E-state index in [9.17, 15) is 0 Å². The molecule has 42 heavy (non-hydrogen) atoms. The quantitative estimate of drug-likeness (QED) is 0.180. The Morgan fingerprint density at radius 1 is 0.690 bits per heavy atom. The molecule has 4 aromatic rings. The van der Waals surface area contributed by atoms with E-state index in [4.69, 9.17) is 37.9 Å². The van der Waals surface area contributed by atoms with Gasteiger partial charge in [0.05, 0.1) is 30.1 Å². The Labute approximate surface area is 259 Å². The topological polar surface area (TPSA) is 44.7 Å². The van der Waals surface area contributed by atoms with Gasteiger partial charge in [0.15, 0.2) is 0 Å². The lowest BCUT2D eigenvalue weighted by molar-refractivity contribution is 0.103. The summed E-state index contributed by atoms with van der Waals surface area (Å²) < 4.78 is 6.28. The third-order valence-electron chi connectivity index (χ3n) is 8.43. The van der Waals surface area contributed by atoms with Crippen molar-refractivity contribution in [3.05, 3.63) is 99.8 Å². The first-order chi connectivity index (χ1) is 20.6. The number of hydrogen-bond acceptors (Lipinski definition) is 6. The van der Waals surface area contributed by atoms with Crippen molar-refractivity contribution < 1.29 is 4.74 Å². The number of likely N-dealkylation sites (tertiary alicyclic amines) is 1. The molecule has 3 heterocycles. The van der Waals surface area contributed by atoms with Crippen molar-refractivity contribution in [2.75, 3.05) is 52.4 Å². The van der Waals surface area contributed by atoms with Crippen molar-refractivity contribution >= 4 is 34.1 Å². The highest BCUT2D eigenvalue weighted by Crippen LogP contribution is 2.32. The van der Waals surface area contributed by atoms with Crippen molar-refractivity contribution in [1.82, 2.24) is 24.7 Å². The van der Waals surface area contributed by atoms with Crippen LogP contribution in [0, 0.1) is 0 Å². The molecular formula is C34H39Cl2N5O. The molecule has 2 fully saturated rings. The summed E-state index contributed by atoms with van der Waals surface area (Å²) in [6.07, 6.45) is 5.01. The minimum Gasteiger partial charge on any atom is -0.477 e. The molecule has 0 saturated carbocycles. The number of piperidine rings is 1. The Morgan fingerprint density at radius 3 is 2.00 bits per heavy atom. The van der Waals surface area contributed by atoms with Gasteiger partial charge in [-0.05, 0) is 79.9 Å². The minimum absolute atomic E-state index is 0.142. The SMILES string of the molecule is Clc1ccc(C(c2ccc(Cl)cc2)N2CCN(Cc3nc(OCCCN4CCCCC4)c4ccccc4n3)CC2)cc1. The first-order valence-electron chi connectivity index (χ1n) is 15.2. The number of para-hydroxylation sites is 1. The van der Waals surface area contributed by atoms with Crippen LogP contribution in [-0.4, -0.2) is 77.1 Å². The number of piperazine rings is 1. The summed E-state index contributed by atoms with van der Waals surface area (Å²) in [4.78, 5) is 17.4. The number of ether oxygens (including phenoxy) is 1. The maximum Gasteiger partial charge on any atom is 0.224 e. The molecule has 0 bridgehead atoms. The molecule has 6 rings (SSSR count). The second-order valence-electron chi connectivity index (χ2n) is 11.4. The highest BCUT2D eigenvalue weighted by molar-refractivity contribution is 6.30. The maximum atomic E-state index is 6.28. The second-order valence-corrected chi connectivity index (χ2v) is 12.3. The molecule has 8 heteroatoms. The Morgan fingerprint density at radius 2 is 1.33 bits per heavy atom. The van der Waals surface area contributed by atoms with Crippen LogP contribution >= 0.6 is 23.2 Å². The predicted octanol–water partition coefficient (Wildman–Crippen LogP) is 7.10. The van der Waals surface area contributed by atoms with Crippen molar-refractivity contribution in [3.63, 3.8) is 0 Å². The lowest BCUT2D eigenvalue weighted by Crippen LogP contribution is -2.47. The zero-order chi connectivity index (χ0) is 28.7. The second kappa shape index (κ2) is 14.2. The van der Waals surface area contributed by atoms with E-state index >= 15 is 0 Å². The highest BCUT2D eigenvalue weighted by atomic mass is 35.5. The molecule has 0 N–H and O–H groups in total. The van der Waals surface area contributed by atoms with Crippen molar-refractivity contribution in [2.24, 2.45) is 0 Å². The van der Waals surface area contributed by atoms with Crippen LogP contribution in [0.1, 0.15) is 48.7 Å². The van der Waals surface area contributed by atoms with Gasteiger partial charge in [-0.1, -0.05) is 66.0 Å². The number of hydrogen-bond donors (Lipinski definition) is 0. The van der Waals surface area contributed by atoms with Crippen LogP contribution in [0.2, 0.25) is 10.0 Å². The molecule has 6 nitrogen and oxygen atoms in total. The van der Waals surface area contributed by atoms with E-state index in [0.29, 0.717) is 19.0 Å². The van der Waals surface area contributed by atoms with Gasteiger partial charge in [-0.2, -0.15) is 4.98 Å². The Balaban J connectivity index is 1.11. The summed E-state index contributed by atoms with van der Waals surface area (Å²) in [5, 5.41) is 2.48. The highest BCUT2D eigenvalue weighted by Gasteiger charge is 2.27. The van der Waals surface area contributed by atoms with E-state index in [0.717, 1.165) is 65.9 Å². The van der Waals surface area contributed by atoms with Crippen LogP contribution < -0.4 is 4.74 Å². The summed E-state index contributed by atoms with van der Waals surface area (Å²) in [6.45, 7) is 8.63. The number of nitrogens with zero attached hydrogens (tertiary/aromatic N) is 5. The van der Waals surface area contributed by atoms with E-state index in [1.54, 1.807) is 0 Å². The summed E-state index contributed by atoms with van der Waals surface area (Å²) in [7, 11) is 0. The molecule has 2 aliphatic heterocycles. The molecule has 0 aliphatic carbocycles. The molecule has 220 valence electrons. The number of benzene rings is 3. The average Bonchev–Trinajstić information content (AvgIpc) is 3.02. The van der Waals surface area contributed by atoms with Gasteiger partial charge in [0.25, 0.3) is 0 Å². The first-order valence-corrected chi connectivity index (χ1v) is 16.0. The van der Waals surface area contributed by atoms with E-state index in [1.165, 1.54) is 43.5 Å². The predicted molar refractivity (Wildman–Crippen MR) is 172 cm³/mol. The summed E-state index contributed by atoms with van der Waals surface area (Å²) in [6, 6.07) is 24.7. The summed E-state index contributed by atoms with van der Waals surface area (Å²) in [5.41, 5.74) is 3.41. The molecule has 2 aliphatic rings. The van der Waals surface area contributed by atoms with E-state index in [1.807, 2.05) is 36.4 Å². The monoisotopic (exact) mass is 603 g/mol. The lowest BCUT2D eigenvalue weighted by Gasteiger charge is -2.39. The maximum absolute atomic E-state index is 6.28. The van der Waals surface area contributed by atoms with E-state index in [-0.39, 0.29) is 6.04 Å². The third-order valence-corrected chi connectivity index (χ3v) is 8.93. The average molecular weight is 605 g/mol. The smallest absolute Gasteiger partial charge is 0.224 e. The van der Waals surface area contributed by atoms with Gasteiger partial charge in [-0.25, -0.2) is 4.98 Å². The summed E-state index contributed by atoms with van der Waals surface area (Å²) >= 11 is 12.4. The van der Waals surface area contributed by atoms with Gasteiger partial charge in [0.1, 0.15) is 5.82 Å². The van der Waals surface area contributed by atoms with Crippen molar-refractivity contribution in [3.8, 4) is 5.88 Å². The first kappa shape index (κ1) is 29.3. The van der Waals surface area contributed by atoms with Gasteiger partial charge in [-0.15, -0.1) is 0 Å². The van der Waals surface area contributed by atoms with Crippen LogP contribution in [-0.2, 0) is 6.54 Å². The fourth-order valence-corrected chi connectivity index (χ4v) is 6.45. The zero-order valence-corrected chi connectivity index (χ0v) is 25.6.